The van der Waals surface area contributed by atoms with Crippen molar-refractivity contribution in [3.8, 4) is 0 Å². The molecule has 0 spiro atoms. The van der Waals surface area contributed by atoms with Gasteiger partial charge < -0.3 is 0 Å². The molecule has 2 aliphatic rings. The van der Waals surface area contributed by atoms with Crippen molar-refractivity contribution in [1.82, 2.24) is 0 Å². The van der Waals surface area contributed by atoms with Crippen LogP contribution in [0.4, 0.5) is 0 Å². The molecule has 0 saturated carbocycles. The third-order valence-corrected chi connectivity index (χ3v) is 4.12. The quantitative estimate of drug-likeness (QED) is 0.708. The molecule has 1 aromatic carbocycles. The van der Waals surface area contributed by atoms with Crippen LogP contribution in [-0.4, -0.2) is 14.6 Å². The van der Waals surface area contributed by atoms with Gasteiger partial charge in [0.2, 0.25) is 0 Å². The first kappa shape index (κ1) is 12.8. The van der Waals surface area contributed by atoms with Gasteiger partial charge in [0.15, 0.2) is 14.6 Å². The topological polar surface area (TPSA) is 0 Å². The lowest BCUT2D eigenvalue weighted by Gasteiger charge is -2.08. The SMILES string of the molecule is C=C/C=C1\C(=C)Bc2c1ccc1c2BC(=C)/C1=C\C=C. The second-order valence-electron chi connectivity index (χ2n) is 5.31. The smallest absolute Gasteiger partial charge is 0.104 e. The minimum absolute atomic E-state index is 0.937. The van der Waals surface area contributed by atoms with Gasteiger partial charge in [-0.2, -0.15) is 0 Å². The van der Waals surface area contributed by atoms with E-state index in [9.17, 15) is 0 Å². The monoisotopic (exact) mass is 254 g/mol. The molecule has 2 heterocycles. The minimum atomic E-state index is 0.937. The Morgan fingerprint density at radius 3 is 1.50 bits per heavy atom. The largest absolute Gasteiger partial charge is 0.192 e. The zero-order chi connectivity index (χ0) is 14.3. The average Bonchev–Trinajstić information content (AvgIpc) is 2.90. The number of benzene rings is 1. The van der Waals surface area contributed by atoms with E-state index in [1.807, 2.05) is 12.2 Å². The minimum Gasteiger partial charge on any atom is -0.104 e. The summed E-state index contributed by atoms with van der Waals surface area (Å²) in [6.07, 6.45) is 7.80. The van der Waals surface area contributed by atoms with Crippen LogP contribution in [-0.2, 0) is 0 Å². The maximum absolute atomic E-state index is 4.20. The first-order valence-electron chi connectivity index (χ1n) is 6.84. The van der Waals surface area contributed by atoms with Crippen LogP contribution >= 0.6 is 0 Å². The molecule has 20 heavy (non-hydrogen) atoms. The number of hydrogen-bond acceptors (Lipinski definition) is 0. The van der Waals surface area contributed by atoms with Crippen molar-refractivity contribution < 1.29 is 0 Å². The van der Waals surface area contributed by atoms with E-state index in [4.69, 9.17) is 0 Å². The van der Waals surface area contributed by atoms with E-state index in [-0.39, 0.29) is 0 Å². The van der Waals surface area contributed by atoms with Crippen LogP contribution in [0.25, 0.3) is 11.1 Å². The summed E-state index contributed by atoms with van der Waals surface area (Å²) >= 11 is 0. The van der Waals surface area contributed by atoms with Crippen LogP contribution in [0.2, 0.25) is 0 Å². The fraction of sp³-hybridized carbons (Fsp3) is 0. The summed E-state index contributed by atoms with van der Waals surface area (Å²) in [5.41, 5.74) is 10.3. The van der Waals surface area contributed by atoms with E-state index in [2.05, 4.69) is 50.6 Å². The van der Waals surface area contributed by atoms with Gasteiger partial charge in [-0.3, -0.25) is 0 Å². The molecule has 2 heteroatoms. The highest BCUT2D eigenvalue weighted by molar-refractivity contribution is 6.80. The van der Waals surface area contributed by atoms with Crippen molar-refractivity contribution in [2.24, 2.45) is 0 Å². The predicted octanol–water partition coefficient (Wildman–Crippen LogP) is 2.00. The van der Waals surface area contributed by atoms with Crippen LogP contribution in [0, 0.1) is 0 Å². The average molecular weight is 254 g/mol. The van der Waals surface area contributed by atoms with E-state index in [1.165, 1.54) is 44.1 Å². The van der Waals surface area contributed by atoms with Gasteiger partial charge in [-0.05, 0) is 22.3 Å². The standard InChI is InChI=1S/C18H16B2/c1-5-7-13-11(3)19-17-15(13)9-10-16-14(8-6-2)12(4)20-18(16)17/h5-10,19-20H,1-4H2/b13-7+,14-8+. The molecule has 0 aromatic heterocycles. The lowest BCUT2D eigenvalue weighted by atomic mass is 9.57. The highest BCUT2D eigenvalue weighted by Crippen LogP contribution is 2.31. The van der Waals surface area contributed by atoms with Gasteiger partial charge in [0.05, 0.1) is 0 Å². The molecule has 2 aliphatic heterocycles. The molecule has 0 aliphatic carbocycles. The molecule has 0 N–H and O–H groups in total. The molecular formula is C18H16B2. The molecule has 0 amide bonds. The van der Waals surface area contributed by atoms with Crippen molar-refractivity contribution in [2.75, 3.05) is 0 Å². The number of hydrogen-bond donors (Lipinski definition) is 0. The van der Waals surface area contributed by atoms with Crippen molar-refractivity contribution in [2.45, 2.75) is 0 Å². The predicted molar refractivity (Wildman–Crippen MR) is 94.6 cm³/mol. The molecule has 0 atom stereocenters. The second-order valence-corrected chi connectivity index (χ2v) is 5.31. The van der Waals surface area contributed by atoms with Gasteiger partial charge in [0.25, 0.3) is 0 Å². The summed E-state index contributed by atoms with van der Waals surface area (Å²) in [4.78, 5) is 0. The summed E-state index contributed by atoms with van der Waals surface area (Å²) in [5, 5.41) is 0. The van der Waals surface area contributed by atoms with Crippen LogP contribution in [0.1, 0.15) is 11.1 Å². The van der Waals surface area contributed by atoms with E-state index >= 15 is 0 Å². The third kappa shape index (κ3) is 1.72. The summed E-state index contributed by atoms with van der Waals surface area (Å²) in [7, 11) is 1.87. The van der Waals surface area contributed by atoms with Crippen LogP contribution < -0.4 is 10.9 Å². The lowest BCUT2D eigenvalue weighted by molar-refractivity contribution is 1.67. The molecular weight excluding hydrogens is 238 g/mol. The van der Waals surface area contributed by atoms with Crippen LogP contribution in [0.15, 0.2) is 73.7 Å². The Bertz CT molecular complexity index is 667. The fourth-order valence-corrected chi connectivity index (χ4v) is 3.25. The molecule has 1 aromatic rings. The number of allylic oxidation sites excluding steroid dienone is 8. The third-order valence-electron chi connectivity index (χ3n) is 4.12. The first-order chi connectivity index (χ1) is 9.67. The van der Waals surface area contributed by atoms with Gasteiger partial charge in [0, 0.05) is 0 Å². The molecule has 0 saturated heterocycles. The fourth-order valence-electron chi connectivity index (χ4n) is 3.25. The van der Waals surface area contributed by atoms with Gasteiger partial charge >= 0.3 is 0 Å². The molecule has 0 unspecified atom stereocenters. The molecule has 94 valence electrons. The van der Waals surface area contributed by atoms with E-state index in [0.29, 0.717) is 0 Å². The summed E-state index contributed by atoms with van der Waals surface area (Å²) < 4.78 is 0. The maximum Gasteiger partial charge on any atom is 0.192 e. The van der Waals surface area contributed by atoms with E-state index in [1.54, 1.807) is 0 Å². The Labute approximate surface area is 122 Å². The van der Waals surface area contributed by atoms with Gasteiger partial charge in [-0.15, -0.1) is 13.2 Å². The van der Waals surface area contributed by atoms with Crippen molar-refractivity contribution >= 4 is 36.6 Å². The van der Waals surface area contributed by atoms with Crippen molar-refractivity contribution in [3.63, 3.8) is 0 Å². The summed E-state index contributed by atoms with van der Waals surface area (Å²) in [6.45, 7) is 16.0. The van der Waals surface area contributed by atoms with E-state index < -0.39 is 0 Å². The van der Waals surface area contributed by atoms with Gasteiger partial charge in [0.1, 0.15) is 0 Å². The second kappa shape index (κ2) is 4.72. The van der Waals surface area contributed by atoms with Gasteiger partial charge in [-0.25, -0.2) is 0 Å². The van der Waals surface area contributed by atoms with Crippen LogP contribution in [0.3, 0.4) is 0 Å². The van der Waals surface area contributed by atoms with E-state index in [0.717, 1.165) is 14.6 Å². The van der Waals surface area contributed by atoms with Crippen molar-refractivity contribution in [1.29, 1.82) is 0 Å². The Morgan fingerprint density at radius 1 is 0.750 bits per heavy atom. The molecule has 0 radical (unpaired) electrons. The highest BCUT2D eigenvalue weighted by Gasteiger charge is 2.30. The summed E-state index contributed by atoms with van der Waals surface area (Å²) in [5.74, 6) is 0. The van der Waals surface area contributed by atoms with Crippen molar-refractivity contribution in [3.05, 3.63) is 84.8 Å². The zero-order valence-corrected chi connectivity index (χ0v) is 11.7. The number of rotatable bonds is 2. The zero-order valence-electron chi connectivity index (χ0n) is 11.7. The lowest BCUT2D eigenvalue weighted by Crippen LogP contribution is -2.34. The highest BCUT2D eigenvalue weighted by atomic mass is 14.2. The maximum atomic E-state index is 4.20. The Kier molecular flexibility index (Phi) is 3.02. The molecule has 0 bridgehead atoms. The molecule has 3 rings (SSSR count). The Hall–Kier alpha value is -2.21. The molecule has 0 nitrogen and oxygen atoms in total. The normalized spacial score (nSPS) is 19.6. The summed E-state index contributed by atoms with van der Waals surface area (Å²) in [6, 6.07) is 4.41. The number of fused-ring (bicyclic) bond motifs is 3. The Balaban J connectivity index is 2.23. The van der Waals surface area contributed by atoms with Gasteiger partial charge in [-0.1, -0.05) is 71.5 Å². The molecule has 0 fully saturated rings. The first-order valence-corrected chi connectivity index (χ1v) is 6.84. The Morgan fingerprint density at radius 2 is 1.15 bits per heavy atom. The van der Waals surface area contributed by atoms with Crippen LogP contribution in [0.5, 0.6) is 0 Å².